The van der Waals surface area contributed by atoms with E-state index in [0.717, 1.165) is 19.6 Å². The molecule has 3 rings (SSSR count). The maximum atomic E-state index is 5.47. The van der Waals surface area contributed by atoms with Gasteiger partial charge in [-0.1, -0.05) is 32.9 Å². The van der Waals surface area contributed by atoms with Crippen LogP contribution in [0.1, 0.15) is 38.8 Å². The van der Waals surface area contributed by atoms with E-state index in [1.54, 1.807) is 0 Å². The maximum absolute atomic E-state index is 5.47. The summed E-state index contributed by atoms with van der Waals surface area (Å²) in [7, 11) is 0. The van der Waals surface area contributed by atoms with Gasteiger partial charge in [0, 0.05) is 12.0 Å². The molecule has 0 bridgehead atoms. The van der Waals surface area contributed by atoms with Crippen molar-refractivity contribution in [1.29, 1.82) is 0 Å². The normalized spacial score (nSPS) is 20.7. The van der Waals surface area contributed by atoms with Gasteiger partial charge in [-0.05, 0) is 23.5 Å². The van der Waals surface area contributed by atoms with Crippen molar-refractivity contribution >= 4 is 10.9 Å². The number of hydrogen-bond acceptors (Lipinski definition) is 2. The summed E-state index contributed by atoms with van der Waals surface area (Å²) in [6.07, 6.45) is 3.02. The second-order valence-electron chi connectivity index (χ2n) is 6.13. The predicted molar refractivity (Wildman–Crippen MR) is 72.9 cm³/mol. The van der Waals surface area contributed by atoms with Crippen molar-refractivity contribution in [3.8, 4) is 0 Å². The Labute approximate surface area is 108 Å². The van der Waals surface area contributed by atoms with Crippen LogP contribution in [0.5, 0.6) is 0 Å². The number of rotatable bonds is 1. The fourth-order valence-corrected chi connectivity index (χ4v) is 2.51. The smallest absolute Gasteiger partial charge is 0.0781 e. The Morgan fingerprint density at radius 2 is 2.17 bits per heavy atom. The third kappa shape index (κ3) is 1.93. The zero-order valence-corrected chi connectivity index (χ0v) is 11.3. The largest absolute Gasteiger partial charge is 0.379 e. The number of ether oxygens (including phenoxy) is 1. The second kappa shape index (κ2) is 4.09. The lowest BCUT2D eigenvalue weighted by Gasteiger charge is -2.19. The molecule has 1 saturated heterocycles. The van der Waals surface area contributed by atoms with Crippen LogP contribution in [0.3, 0.4) is 0 Å². The van der Waals surface area contributed by atoms with E-state index in [1.807, 2.05) is 6.20 Å². The predicted octanol–water partition coefficient (Wildman–Crippen LogP) is 3.30. The lowest BCUT2D eigenvalue weighted by molar-refractivity contribution is 0.185. The van der Waals surface area contributed by atoms with Gasteiger partial charge in [0.15, 0.2) is 0 Å². The van der Waals surface area contributed by atoms with E-state index < -0.39 is 0 Å². The van der Waals surface area contributed by atoms with E-state index in [4.69, 9.17) is 4.74 Å². The molecule has 0 aliphatic carbocycles. The Bertz CT molecular complexity index is 559. The van der Waals surface area contributed by atoms with Crippen LogP contribution in [0.4, 0.5) is 0 Å². The van der Waals surface area contributed by atoms with Gasteiger partial charge in [-0.3, -0.25) is 4.68 Å². The molecule has 3 heteroatoms. The third-order valence-electron chi connectivity index (χ3n) is 3.72. The number of aromatic nitrogens is 2. The van der Waals surface area contributed by atoms with Gasteiger partial charge in [0.1, 0.15) is 0 Å². The zero-order valence-electron chi connectivity index (χ0n) is 11.3. The molecule has 0 radical (unpaired) electrons. The molecule has 3 nitrogen and oxygen atoms in total. The summed E-state index contributed by atoms with van der Waals surface area (Å²) >= 11 is 0. The number of nitrogens with zero attached hydrogens (tertiary/aromatic N) is 2. The average Bonchev–Trinajstić information content (AvgIpc) is 2.95. The highest BCUT2D eigenvalue weighted by atomic mass is 16.5. The summed E-state index contributed by atoms with van der Waals surface area (Å²) in [4.78, 5) is 0. The van der Waals surface area contributed by atoms with Gasteiger partial charge >= 0.3 is 0 Å². The van der Waals surface area contributed by atoms with Gasteiger partial charge < -0.3 is 4.74 Å². The fraction of sp³-hybridized carbons (Fsp3) is 0.533. The SMILES string of the molecule is CC(C)(C)c1ccc2cnn([C@@H]3CCOC3)c2c1. The minimum atomic E-state index is 0.176. The molecule has 0 saturated carbocycles. The molecule has 18 heavy (non-hydrogen) atoms. The first-order valence-corrected chi connectivity index (χ1v) is 6.61. The zero-order chi connectivity index (χ0) is 12.8. The van der Waals surface area contributed by atoms with Gasteiger partial charge in [-0.25, -0.2) is 0 Å². The lowest BCUT2D eigenvalue weighted by Crippen LogP contribution is -2.13. The Kier molecular flexibility index (Phi) is 2.67. The highest BCUT2D eigenvalue weighted by molar-refractivity contribution is 5.79. The summed E-state index contributed by atoms with van der Waals surface area (Å²) in [6.45, 7) is 8.37. The Balaban J connectivity index is 2.10. The first-order valence-electron chi connectivity index (χ1n) is 6.61. The summed E-state index contributed by atoms with van der Waals surface area (Å²) in [5.41, 5.74) is 2.77. The van der Waals surface area contributed by atoms with Crippen LogP contribution in [0.2, 0.25) is 0 Å². The van der Waals surface area contributed by atoms with Crippen molar-refractivity contribution in [2.45, 2.75) is 38.6 Å². The molecule has 0 unspecified atom stereocenters. The molecule has 1 aromatic carbocycles. The van der Waals surface area contributed by atoms with E-state index in [0.29, 0.717) is 6.04 Å². The molecule has 1 aliphatic heterocycles. The monoisotopic (exact) mass is 244 g/mol. The van der Waals surface area contributed by atoms with Crippen LogP contribution in [-0.2, 0) is 10.2 Å². The van der Waals surface area contributed by atoms with Crippen LogP contribution >= 0.6 is 0 Å². The molecule has 1 aliphatic rings. The minimum absolute atomic E-state index is 0.176. The highest BCUT2D eigenvalue weighted by Crippen LogP contribution is 2.29. The van der Waals surface area contributed by atoms with Gasteiger partial charge in [0.25, 0.3) is 0 Å². The third-order valence-corrected chi connectivity index (χ3v) is 3.72. The summed E-state index contributed by atoms with van der Waals surface area (Å²) in [6, 6.07) is 7.06. The van der Waals surface area contributed by atoms with Crippen molar-refractivity contribution in [2.75, 3.05) is 13.2 Å². The molecular formula is C15H20N2O. The van der Waals surface area contributed by atoms with Crippen LogP contribution in [0.15, 0.2) is 24.4 Å². The van der Waals surface area contributed by atoms with E-state index in [2.05, 4.69) is 48.8 Å². The Morgan fingerprint density at radius 1 is 1.33 bits per heavy atom. The minimum Gasteiger partial charge on any atom is -0.379 e. The van der Waals surface area contributed by atoms with Gasteiger partial charge in [-0.2, -0.15) is 5.10 Å². The van der Waals surface area contributed by atoms with Gasteiger partial charge in [0.2, 0.25) is 0 Å². The van der Waals surface area contributed by atoms with Crippen molar-refractivity contribution in [3.63, 3.8) is 0 Å². The van der Waals surface area contributed by atoms with Crippen LogP contribution in [0.25, 0.3) is 10.9 Å². The molecule has 96 valence electrons. The van der Waals surface area contributed by atoms with Gasteiger partial charge in [0.05, 0.1) is 24.4 Å². The van der Waals surface area contributed by atoms with E-state index in [-0.39, 0.29) is 5.41 Å². The van der Waals surface area contributed by atoms with Crippen LogP contribution in [-0.4, -0.2) is 23.0 Å². The van der Waals surface area contributed by atoms with Crippen molar-refractivity contribution < 1.29 is 4.74 Å². The lowest BCUT2D eigenvalue weighted by atomic mass is 9.87. The maximum Gasteiger partial charge on any atom is 0.0781 e. The molecule has 0 amide bonds. The number of fused-ring (bicyclic) bond motifs is 1. The van der Waals surface area contributed by atoms with Crippen LogP contribution in [0, 0.1) is 0 Å². The Hall–Kier alpha value is -1.35. The fourth-order valence-electron chi connectivity index (χ4n) is 2.51. The van der Waals surface area contributed by atoms with E-state index in [1.165, 1.54) is 16.5 Å². The Morgan fingerprint density at radius 3 is 2.83 bits per heavy atom. The van der Waals surface area contributed by atoms with Gasteiger partial charge in [-0.15, -0.1) is 0 Å². The topological polar surface area (TPSA) is 27.1 Å². The second-order valence-corrected chi connectivity index (χ2v) is 6.13. The molecular weight excluding hydrogens is 224 g/mol. The van der Waals surface area contributed by atoms with E-state index >= 15 is 0 Å². The summed E-state index contributed by atoms with van der Waals surface area (Å²) in [5, 5.41) is 5.75. The molecule has 1 aromatic heterocycles. The number of hydrogen-bond donors (Lipinski definition) is 0. The van der Waals surface area contributed by atoms with E-state index in [9.17, 15) is 0 Å². The number of benzene rings is 1. The quantitative estimate of drug-likeness (QED) is 0.769. The average molecular weight is 244 g/mol. The summed E-state index contributed by atoms with van der Waals surface area (Å²) in [5.74, 6) is 0. The molecule has 0 N–H and O–H groups in total. The summed E-state index contributed by atoms with van der Waals surface area (Å²) < 4.78 is 7.60. The molecule has 1 fully saturated rings. The van der Waals surface area contributed by atoms with Crippen molar-refractivity contribution in [1.82, 2.24) is 9.78 Å². The molecule has 1 atom stereocenters. The van der Waals surface area contributed by atoms with Crippen molar-refractivity contribution in [3.05, 3.63) is 30.0 Å². The van der Waals surface area contributed by atoms with Crippen molar-refractivity contribution in [2.24, 2.45) is 0 Å². The molecule has 0 spiro atoms. The van der Waals surface area contributed by atoms with Crippen LogP contribution < -0.4 is 0 Å². The highest BCUT2D eigenvalue weighted by Gasteiger charge is 2.21. The first-order chi connectivity index (χ1) is 8.55. The first kappa shape index (κ1) is 11.7. The molecule has 2 heterocycles. The standard InChI is InChI=1S/C15H20N2O/c1-15(2,3)12-5-4-11-9-16-17(14(11)8-12)13-6-7-18-10-13/h4-5,8-9,13H,6-7,10H2,1-3H3/t13-/m1/s1. The molecule has 2 aromatic rings.